The first-order chi connectivity index (χ1) is 11.5. The molecule has 3 heterocycles. The van der Waals surface area contributed by atoms with Crippen molar-refractivity contribution < 1.29 is 0 Å². The van der Waals surface area contributed by atoms with E-state index in [1.807, 2.05) is 31.3 Å². The molecule has 1 saturated heterocycles. The van der Waals surface area contributed by atoms with Crippen molar-refractivity contribution in [3.63, 3.8) is 0 Å². The highest BCUT2D eigenvalue weighted by Gasteiger charge is 2.21. The van der Waals surface area contributed by atoms with Crippen LogP contribution in [0.2, 0.25) is 0 Å². The van der Waals surface area contributed by atoms with Gasteiger partial charge in [0.25, 0.3) is 0 Å². The van der Waals surface area contributed by atoms with Crippen LogP contribution in [0.15, 0.2) is 29.0 Å². The Balaban J connectivity index is 1.60. The first-order valence-corrected chi connectivity index (χ1v) is 8.96. The molecular weight excluding hydrogens is 368 g/mol. The summed E-state index contributed by atoms with van der Waals surface area (Å²) in [6.07, 6.45) is 5.81. The zero-order chi connectivity index (χ0) is 17.1. The lowest BCUT2D eigenvalue weighted by Gasteiger charge is -2.34. The standard InChI is InChI=1S/C17H23BrN6/c1-12-10-13(18)11-20-16(12)24-8-5-14(6-9-24)21-15-4-7-19-17(22-15)23(2)3/h4,7,10-11,14H,5-6,8-9H2,1-3H3,(H,19,21,22). The van der Waals surface area contributed by atoms with E-state index in [0.29, 0.717) is 6.04 Å². The van der Waals surface area contributed by atoms with E-state index in [1.54, 1.807) is 6.20 Å². The predicted molar refractivity (Wildman–Crippen MR) is 102 cm³/mol. The Morgan fingerprint density at radius 2 is 2.00 bits per heavy atom. The number of anilines is 3. The van der Waals surface area contributed by atoms with E-state index >= 15 is 0 Å². The van der Waals surface area contributed by atoms with Gasteiger partial charge in [0.2, 0.25) is 5.95 Å². The van der Waals surface area contributed by atoms with Crippen LogP contribution in [0.4, 0.5) is 17.6 Å². The Morgan fingerprint density at radius 3 is 2.67 bits per heavy atom. The summed E-state index contributed by atoms with van der Waals surface area (Å²) in [7, 11) is 3.90. The lowest BCUT2D eigenvalue weighted by Crippen LogP contribution is -2.40. The molecule has 24 heavy (non-hydrogen) atoms. The van der Waals surface area contributed by atoms with Crippen molar-refractivity contribution in [2.45, 2.75) is 25.8 Å². The Labute approximate surface area is 151 Å². The summed E-state index contributed by atoms with van der Waals surface area (Å²) < 4.78 is 1.03. The minimum Gasteiger partial charge on any atom is -0.367 e. The van der Waals surface area contributed by atoms with E-state index in [9.17, 15) is 0 Å². The fourth-order valence-electron chi connectivity index (χ4n) is 2.95. The summed E-state index contributed by atoms with van der Waals surface area (Å²) in [6.45, 7) is 4.11. The number of hydrogen-bond acceptors (Lipinski definition) is 6. The second-order valence-electron chi connectivity index (χ2n) is 6.34. The molecular formula is C17H23BrN6. The molecule has 6 nitrogen and oxygen atoms in total. The summed E-state index contributed by atoms with van der Waals surface area (Å²) in [4.78, 5) is 17.6. The summed E-state index contributed by atoms with van der Waals surface area (Å²) in [5, 5.41) is 3.54. The number of aromatic nitrogens is 3. The zero-order valence-electron chi connectivity index (χ0n) is 14.3. The van der Waals surface area contributed by atoms with Gasteiger partial charge in [0.15, 0.2) is 0 Å². The van der Waals surface area contributed by atoms with E-state index in [1.165, 1.54) is 5.56 Å². The monoisotopic (exact) mass is 390 g/mol. The van der Waals surface area contributed by atoms with Crippen LogP contribution in [0, 0.1) is 6.92 Å². The molecule has 0 unspecified atom stereocenters. The molecule has 0 atom stereocenters. The van der Waals surface area contributed by atoms with Crippen molar-refractivity contribution in [3.05, 3.63) is 34.6 Å². The fourth-order valence-corrected chi connectivity index (χ4v) is 3.40. The van der Waals surface area contributed by atoms with E-state index in [2.05, 4.69) is 54.1 Å². The molecule has 2 aromatic rings. The number of piperidine rings is 1. The maximum atomic E-state index is 4.57. The van der Waals surface area contributed by atoms with E-state index in [0.717, 1.165) is 48.0 Å². The molecule has 0 saturated carbocycles. The molecule has 3 rings (SSSR count). The Bertz CT molecular complexity index is 697. The maximum Gasteiger partial charge on any atom is 0.226 e. The van der Waals surface area contributed by atoms with Crippen molar-refractivity contribution >= 4 is 33.5 Å². The largest absolute Gasteiger partial charge is 0.367 e. The Morgan fingerprint density at radius 1 is 1.25 bits per heavy atom. The number of pyridine rings is 1. The molecule has 128 valence electrons. The molecule has 0 amide bonds. The highest BCUT2D eigenvalue weighted by molar-refractivity contribution is 9.10. The summed E-state index contributed by atoms with van der Waals surface area (Å²) >= 11 is 3.48. The van der Waals surface area contributed by atoms with Gasteiger partial charge in [0, 0.05) is 50.1 Å². The predicted octanol–water partition coefficient (Wildman–Crippen LogP) is 3.09. The van der Waals surface area contributed by atoms with Gasteiger partial charge in [-0.25, -0.2) is 9.97 Å². The molecule has 0 aliphatic carbocycles. The van der Waals surface area contributed by atoms with Crippen LogP contribution in [0.5, 0.6) is 0 Å². The molecule has 0 spiro atoms. The zero-order valence-corrected chi connectivity index (χ0v) is 15.9. The molecule has 0 radical (unpaired) electrons. The molecule has 0 aromatic carbocycles. The van der Waals surface area contributed by atoms with Crippen molar-refractivity contribution in [1.29, 1.82) is 0 Å². The average molecular weight is 391 g/mol. The third-order valence-electron chi connectivity index (χ3n) is 4.21. The first-order valence-electron chi connectivity index (χ1n) is 8.17. The van der Waals surface area contributed by atoms with Crippen molar-refractivity contribution in [1.82, 2.24) is 15.0 Å². The lowest BCUT2D eigenvalue weighted by atomic mass is 10.0. The van der Waals surface area contributed by atoms with Crippen LogP contribution < -0.4 is 15.1 Å². The minimum atomic E-state index is 0.432. The average Bonchev–Trinajstić information content (AvgIpc) is 2.56. The first kappa shape index (κ1) is 17.0. The number of nitrogens with one attached hydrogen (secondary N) is 1. The molecule has 7 heteroatoms. The van der Waals surface area contributed by atoms with Gasteiger partial charge in [-0.15, -0.1) is 0 Å². The van der Waals surface area contributed by atoms with Crippen LogP contribution >= 0.6 is 15.9 Å². The summed E-state index contributed by atoms with van der Waals surface area (Å²) in [5.74, 6) is 2.71. The number of aryl methyl sites for hydroxylation is 1. The molecule has 1 aliphatic rings. The highest BCUT2D eigenvalue weighted by Crippen LogP contribution is 2.25. The SMILES string of the molecule is Cc1cc(Br)cnc1N1CCC(Nc2ccnc(N(C)C)n2)CC1. The maximum absolute atomic E-state index is 4.57. The summed E-state index contributed by atoms with van der Waals surface area (Å²) in [6, 6.07) is 4.48. The van der Waals surface area contributed by atoms with E-state index in [-0.39, 0.29) is 0 Å². The second kappa shape index (κ2) is 7.34. The van der Waals surface area contributed by atoms with Crippen molar-refractivity contribution in [3.8, 4) is 0 Å². The van der Waals surface area contributed by atoms with Gasteiger partial charge in [-0.2, -0.15) is 4.98 Å². The van der Waals surface area contributed by atoms with Gasteiger partial charge in [0.1, 0.15) is 11.6 Å². The molecule has 1 aliphatic heterocycles. The quantitative estimate of drug-likeness (QED) is 0.865. The van der Waals surface area contributed by atoms with E-state index in [4.69, 9.17) is 0 Å². The molecule has 2 aromatic heterocycles. The van der Waals surface area contributed by atoms with Crippen molar-refractivity contribution in [2.75, 3.05) is 42.3 Å². The topological polar surface area (TPSA) is 57.2 Å². The number of hydrogen-bond donors (Lipinski definition) is 1. The second-order valence-corrected chi connectivity index (χ2v) is 7.25. The molecule has 1 N–H and O–H groups in total. The van der Waals surface area contributed by atoms with Gasteiger partial charge in [-0.3, -0.25) is 0 Å². The normalized spacial score (nSPS) is 15.4. The lowest BCUT2D eigenvalue weighted by molar-refractivity contribution is 0.521. The third kappa shape index (κ3) is 3.95. The highest BCUT2D eigenvalue weighted by atomic mass is 79.9. The van der Waals surface area contributed by atoms with E-state index < -0.39 is 0 Å². The minimum absolute atomic E-state index is 0.432. The van der Waals surface area contributed by atoms with Crippen LogP contribution in [0.3, 0.4) is 0 Å². The fraction of sp³-hybridized carbons (Fsp3) is 0.471. The molecule has 1 fully saturated rings. The van der Waals surface area contributed by atoms with Crippen molar-refractivity contribution in [2.24, 2.45) is 0 Å². The third-order valence-corrected chi connectivity index (χ3v) is 4.64. The number of rotatable bonds is 4. The molecule has 0 bridgehead atoms. The van der Waals surface area contributed by atoms with Gasteiger partial charge >= 0.3 is 0 Å². The van der Waals surface area contributed by atoms with Crippen LogP contribution in [-0.4, -0.2) is 48.2 Å². The van der Waals surface area contributed by atoms with Gasteiger partial charge < -0.3 is 15.1 Å². The van der Waals surface area contributed by atoms with Gasteiger partial charge in [0.05, 0.1) is 0 Å². The van der Waals surface area contributed by atoms with Crippen LogP contribution in [0.1, 0.15) is 18.4 Å². The number of nitrogens with zero attached hydrogens (tertiary/aromatic N) is 5. The van der Waals surface area contributed by atoms with Gasteiger partial charge in [-0.05, 0) is 53.4 Å². The van der Waals surface area contributed by atoms with Crippen LogP contribution in [0.25, 0.3) is 0 Å². The Hall–Kier alpha value is -1.89. The van der Waals surface area contributed by atoms with Gasteiger partial charge in [-0.1, -0.05) is 0 Å². The number of halogens is 1. The summed E-state index contributed by atoms with van der Waals surface area (Å²) in [5.41, 5.74) is 1.21. The Kier molecular flexibility index (Phi) is 5.18. The van der Waals surface area contributed by atoms with Crippen LogP contribution in [-0.2, 0) is 0 Å². The smallest absolute Gasteiger partial charge is 0.226 e.